The molecule has 0 amide bonds. The zero-order valence-electron chi connectivity index (χ0n) is 11.6. The highest BCUT2D eigenvalue weighted by Crippen LogP contribution is 2.22. The van der Waals surface area contributed by atoms with E-state index in [9.17, 15) is 8.42 Å². The average Bonchev–Trinajstić information content (AvgIpc) is 2.87. The SMILES string of the molecule is CC(C)NCc1ccc(S(=O)(=O)N2CCCCC2)o1. The van der Waals surface area contributed by atoms with Crippen molar-refractivity contribution in [1.82, 2.24) is 9.62 Å². The Hall–Kier alpha value is -0.850. The van der Waals surface area contributed by atoms with Gasteiger partial charge in [0.1, 0.15) is 5.76 Å². The Balaban J connectivity index is 2.08. The molecule has 0 saturated carbocycles. The highest BCUT2D eigenvalue weighted by Gasteiger charge is 2.28. The van der Waals surface area contributed by atoms with Crippen LogP contribution in [0.15, 0.2) is 21.6 Å². The van der Waals surface area contributed by atoms with E-state index in [1.54, 1.807) is 12.1 Å². The lowest BCUT2D eigenvalue weighted by atomic mass is 10.2. The minimum Gasteiger partial charge on any atom is -0.447 e. The Kier molecular flexibility index (Phi) is 4.65. The minimum absolute atomic E-state index is 0.0648. The standard InChI is InChI=1S/C13H22N2O3S/c1-11(2)14-10-12-6-7-13(18-12)19(16,17)15-8-4-3-5-9-15/h6-7,11,14H,3-5,8-10H2,1-2H3. The van der Waals surface area contributed by atoms with Crippen molar-refractivity contribution in [2.24, 2.45) is 0 Å². The molecule has 108 valence electrons. The van der Waals surface area contributed by atoms with Gasteiger partial charge >= 0.3 is 0 Å². The number of rotatable bonds is 5. The largest absolute Gasteiger partial charge is 0.447 e. The second kappa shape index (κ2) is 6.07. The second-order valence-corrected chi connectivity index (χ2v) is 7.09. The molecule has 0 unspecified atom stereocenters. The van der Waals surface area contributed by atoms with Crippen LogP contribution in [0.1, 0.15) is 38.9 Å². The Morgan fingerprint density at radius 3 is 2.58 bits per heavy atom. The summed E-state index contributed by atoms with van der Waals surface area (Å²) in [6.07, 6.45) is 2.97. The number of nitrogens with zero attached hydrogens (tertiary/aromatic N) is 1. The first kappa shape index (κ1) is 14.6. The smallest absolute Gasteiger partial charge is 0.276 e. The Labute approximate surface area is 115 Å². The summed E-state index contributed by atoms with van der Waals surface area (Å²) in [6, 6.07) is 3.63. The molecule has 1 aliphatic heterocycles. The number of piperidine rings is 1. The third kappa shape index (κ3) is 3.58. The molecule has 2 rings (SSSR count). The normalized spacial score (nSPS) is 18.1. The molecule has 1 fully saturated rings. The summed E-state index contributed by atoms with van der Waals surface area (Å²) < 4.78 is 31.7. The second-order valence-electron chi connectivity index (χ2n) is 5.22. The van der Waals surface area contributed by atoms with E-state index in [4.69, 9.17) is 4.42 Å². The van der Waals surface area contributed by atoms with Gasteiger partial charge in [-0.05, 0) is 25.0 Å². The maximum absolute atomic E-state index is 12.4. The molecule has 0 atom stereocenters. The average molecular weight is 286 g/mol. The van der Waals surface area contributed by atoms with Crippen LogP contribution in [-0.4, -0.2) is 31.9 Å². The van der Waals surface area contributed by atoms with Gasteiger partial charge in [-0.3, -0.25) is 0 Å². The van der Waals surface area contributed by atoms with Crippen LogP contribution in [0.4, 0.5) is 0 Å². The van der Waals surface area contributed by atoms with Gasteiger partial charge in [0.2, 0.25) is 5.09 Å². The highest BCUT2D eigenvalue weighted by atomic mass is 32.2. The Morgan fingerprint density at radius 1 is 1.26 bits per heavy atom. The molecule has 1 saturated heterocycles. The van der Waals surface area contributed by atoms with Crippen LogP contribution in [-0.2, 0) is 16.6 Å². The summed E-state index contributed by atoms with van der Waals surface area (Å²) in [5.74, 6) is 0.657. The van der Waals surface area contributed by atoms with E-state index >= 15 is 0 Å². The maximum atomic E-state index is 12.4. The summed E-state index contributed by atoms with van der Waals surface area (Å²) in [5, 5.41) is 3.27. The fourth-order valence-corrected chi connectivity index (χ4v) is 3.57. The zero-order chi connectivity index (χ0) is 13.9. The van der Waals surface area contributed by atoms with E-state index in [2.05, 4.69) is 5.32 Å². The molecule has 2 heterocycles. The van der Waals surface area contributed by atoms with Crippen LogP contribution in [0.5, 0.6) is 0 Å². The first-order valence-electron chi connectivity index (χ1n) is 6.82. The molecule has 1 N–H and O–H groups in total. The van der Waals surface area contributed by atoms with Gasteiger partial charge in [-0.1, -0.05) is 20.3 Å². The first-order chi connectivity index (χ1) is 9.00. The number of nitrogens with one attached hydrogen (secondary N) is 1. The summed E-state index contributed by atoms with van der Waals surface area (Å²) in [4.78, 5) is 0. The van der Waals surface area contributed by atoms with Gasteiger partial charge < -0.3 is 9.73 Å². The van der Waals surface area contributed by atoms with Gasteiger partial charge in [-0.25, -0.2) is 8.42 Å². The van der Waals surface area contributed by atoms with E-state index in [-0.39, 0.29) is 5.09 Å². The van der Waals surface area contributed by atoms with Gasteiger partial charge in [-0.2, -0.15) is 4.31 Å². The summed E-state index contributed by atoms with van der Waals surface area (Å²) in [7, 11) is -3.44. The van der Waals surface area contributed by atoms with Crippen LogP contribution < -0.4 is 5.32 Å². The van der Waals surface area contributed by atoms with E-state index in [0.29, 0.717) is 31.4 Å². The summed E-state index contributed by atoms with van der Waals surface area (Å²) in [6.45, 7) is 5.82. The van der Waals surface area contributed by atoms with Gasteiger partial charge in [-0.15, -0.1) is 0 Å². The van der Waals surface area contributed by atoms with Gasteiger partial charge in [0.05, 0.1) is 6.54 Å². The van der Waals surface area contributed by atoms with Crippen LogP contribution >= 0.6 is 0 Å². The molecule has 1 aromatic heterocycles. The quantitative estimate of drug-likeness (QED) is 0.898. The zero-order valence-corrected chi connectivity index (χ0v) is 12.4. The molecule has 19 heavy (non-hydrogen) atoms. The van der Waals surface area contributed by atoms with E-state index < -0.39 is 10.0 Å². The third-order valence-electron chi connectivity index (χ3n) is 3.23. The van der Waals surface area contributed by atoms with Gasteiger partial charge in [0, 0.05) is 19.1 Å². The van der Waals surface area contributed by atoms with Crippen LogP contribution in [0.25, 0.3) is 0 Å². The molecular formula is C13H22N2O3S. The molecule has 0 aromatic carbocycles. The van der Waals surface area contributed by atoms with E-state index in [1.807, 2.05) is 13.8 Å². The number of hydrogen-bond donors (Lipinski definition) is 1. The number of hydrogen-bond acceptors (Lipinski definition) is 4. The van der Waals surface area contributed by atoms with Crippen molar-refractivity contribution in [3.05, 3.63) is 17.9 Å². The molecule has 5 nitrogen and oxygen atoms in total. The molecular weight excluding hydrogens is 264 g/mol. The van der Waals surface area contributed by atoms with Crippen molar-refractivity contribution < 1.29 is 12.8 Å². The van der Waals surface area contributed by atoms with Crippen LogP contribution in [0.2, 0.25) is 0 Å². The third-order valence-corrected chi connectivity index (χ3v) is 5.00. The molecule has 0 spiro atoms. The van der Waals surface area contributed by atoms with E-state index in [0.717, 1.165) is 19.3 Å². The van der Waals surface area contributed by atoms with Crippen molar-refractivity contribution in [1.29, 1.82) is 0 Å². The van der Waals surface area contributed by atoms with Crippen molar-refractivity contribution in [3.63, 3.8) is 0 Å². The lowest BCUT2D eigenvalue weighted by Crippen LogP contribution is -2.35. The molecule has 1 aliphatic rings. The predicted molar refractivity (Wildman–Crippen MR) is 73.3 cm³/mol. The first-order valence-corrected chi connectivity index (χ1v) is 8.26. The highest BCUT2D eigenvalue weighted by molar-refractivity contribution is 7.89. The van der Waals surface area contributed by atoms with Gasteiger partial charge in [0.15, 0.2) is 0 Å². The van der Waals surface area contributed by atoms with Crippen LogP contribution in [0, 0.1) is 0 Å². The molecule has 1 aromatic rings. The lowest BCUT2D eigenvalue weighted by Gasteiger charge is -2.24. The topological polar surface area (TPSA) is 62.6 Å². The number of furan rings is 1. The molecule has 0 aliphatic carbocycles. The van der Waals surface area contributed by atoms with Crippen LogP contribution in [0.3, 0.4) is 0 Å². The van der Waals surface area contributed by atoms with Gasteiger partial charge in [0.25, 0.3) is 10.0 Å². The lowest BCUT2D eigenvalue weighted by molar-refractivity contribution is 0.326. The summed E-state index contributed by atoms with van der Waals surface area (Å²) in [5.41, 5.74) is 0. The Bertz CT molecular complexity index is 502. The fourth-order valence-electron chi connectivity index (χ4n) is 2.13. The molecule has 0 bridgehead atoms. The van der Waals surface area contributed by atoms with Crippen molar-refractivity contribution >= 4 is 10.0 Å². The molecule has 0 radical (unpaired) electrons. The van der Waals surface area contributed by atoms with E-state index in [1.165, 1.54) is 4.31 Å². The summed E-state index contributed by atoms with van der Waals surface area (Å²) >= 11 is 0. The van der Waals surface area contributed by atoms with Crippen molar-refractivity contribution in [3.8, 4) is 0 Å². The molecule has 6 heteroatoms. The Morgan fingerprint density at radius 2 is 1.95 bits per heavy atom. The maximum Gasteiger partial charge on any atom is 0.276 e. The fraction of sp³-hybridized carbons (Fsp3) is 0.692. The predicted octanol–water partition coefficient (Wildman–Crippen LogP) is 1.95. The monoisotopic (exact) mass is 286 g/mol. The minimum atomic E-state index is -3.44. The van der Waals surface area contributed by atoms with Crippen molar-refractivity contribution in [2.75, 3.05) is 13.1 Å². The number of sulfonamides is 1. The van der Waals surface area contributed by atoms with Crippen molar-refractivity contribution in [2.45, 2.75) is 50.8 Å².